The van der Waals surface area contributed by atoms with Crippen LogP contribution in [-0.4, -0.2) is 0 Å². The third-order valence-corrected chi connectivity index (χ3v) is 12.3. The van der Waals surface area contributed by atoms with Crippen molar-refractivity contribution >= 4 is 47.9 Å². The summed E-state index contributed by atoms with van der Waals surface area (Å²) in [6, 6.07) is 49.3. The molecule has 0 spiro atoms. The number of ether oxygens (including phenoxy) is 1. The van der Waals surface area contributed by atoms with Crippen molar-refractivity contribution in [2.45, 2.75) is 19.6 Å². The van der Waals surface area contributed by atoms with Crippen molar-refractivity contribution in [3.05, 3.63) is 144 Å². The zero-order chi connectivity index (χ0) is 26.7. The summed E-state index contributed by atoms with van der Waals surface area (Å²) in [5.41, 5.74) is 3.77. The molecule has 1 aliphatic rings. The molecule has 6 aromatic carbocycles. The number of hydrogen-bond acceptors (Lipinski definition) is 2. The van der Waals surface area contributed by atoms with Gasteiger partial charge in [0.05, 0.1) is 0 Å². The zero-order valence-corrected chi connectivity index (χ0v) is 23.8. The third-order valence-electron chi connectivity index (χ3n) is 7.66. The molecular formula is C36H23BrO2S. The van der Waals surface area contributed by atoms with Crippen molar-refractivity contribution in [2.24, 2.45) is 0 Å². The fraction of sp³-hybridized carbons (Fsp3) is 0. The second kappa shape index (κ2) is 9.16. The molecule has 7 aromatic rings. The molecule has 192 valence electrons. The molecule has 0 radical (unpaired) electrons. The van der Waals surface area contributed by atoms with Crippen LogP contribution < -0.4 is 4.74 Å². The van der Waals surface area contributed by atoms with Crippen LogP contribution in [0.4, 0.5) is 0 Å². The predicted molar refractivity (Wildman–Crippen MR) is 167 cm³/mol. The number of fused-ring (bicyclic) bond motifs is 5. The Morgan fingerprint density at radius 3 is 1.93 bits per heavy atom. The highest BCUT2D eigenvalue weighted by Crippen LogP contribution is 2.79. The molecule has 40 heavy (non-hydrogen) atoms. The van der Waals surface area contributed by atoms with Crippen LogP contribution in [0.1, 0.15) is 0 Å². The highest BCUT2D eigenvalue weighted by atomic mass is 79.9. The van der Waals surface area contributed by atoms with E-state index in [0.717, 1.165) is 49.0 Å². The standard InChI is InChI=1S/C36H23BrO2S/c37-29-19-11-21-31-34(29)28-18-9-16-26(35(28)39-31)27-17-10-23-33-36(27)38-30-20-7-8-22-32(30)40(33,24-12-3-1-4-13-24)25-14-5-2-6-15-25/h1-23H. The van der Waals surface area contributed by atoms with Crippen LogP contribution in [0, 0.1) is 0 Å². The first-order valence-electron chi connectivity index (χ1n) is 13.2. The van der Waals surface area contributed by atoms with E-state index in [-0.39, 0.29) is 0 Å². The number of furan rings is 1. The molecule has 0 unspecified atom stereocenters. The molecule has 0 bridgehead atoms. The van der Waals surface area contributed by atoms with Gasteiger partial charge in [0.2, 0.25) is 0 Å². The van der Waals surface area contributed by atoms with Gasteiger partial charge in [-0.1, -0.05) is 101 Å². The maximum absolute atomic E-state index is 6.88. The van der Waals surface area contributed by atoms with Crippen LogP contribution in [0.25, 0.3) is 33.1 Å². The molecule has 0 N–H and O–H groups in total. The van der Waals surface area contributed by atoms with E-state index in [1.54, 1.807) is 0 Å². The van der Waals surface area contributed by atoms with Crippen molar-refractivity contribution in [1.29, 1.82) is 0 Å². The van der Waals surface area contributed by atoms with Crippen LogP contribution in [0.3, 0.4) is 0 Å². The molecule has 8 rings (SSSR count). The second-order valence-electron chi connectivity index (χ2n) is 9.82. The Hall–Kier alpha value is -4.25. The largest absolute Gasteiger partial charge is 0.455 e. The van der Waals surface area contributed by atoms with Gasteiger partial charge in [0.15, 0.2) is 0 Å². The van der Waals surface area contributed by atoms with Crippen molar-refractivity contribution in [3.8, 4) is 22.6 Å². The number of halogens is 1. The maximum atomic E-state index is 6.88. The molecule has 4 heteroatoms. The summed E-state index contributed by atoms with van der Waals surface area (Å²) in [5, 5.41) is 2.17. The number of hydrogen-bond donors (Lipinski definition) is 0. The minimum absolute atomic E-state index is 0.861. The fourth-order valence-corrected chi connectivity index (χ4v) is 10.6. The second-order valence-corrected chi connectivity index (χ2v) is 13.7. The lowest BCUT2D eigenvalue weighted by Gasteiger charge is -2.46. The summed E-state index contributed by atoms with van der Waals surface area (Å²) in [5.74, 6) is 1.78. The van der Waals surface area contributed by atoms with Crippen molar-refractivity contribution in [1.82, 2.24) is 0 Å². The van der Waals surface area contributed by atoms with Crippen molar-refractivity contribution in [3.63, 3.8) is 0 Å². The molecule has 0 fully saturated rings. The van der Waals surface area contributed by atoms with Crippen molar-refractivity contribution < 1.29 is 9.15 Å². The fourth-order valence-electron chi connectivity index (χ4n) is 6.00. The molecule has 0 saturated heterocycles. The van der Waals surface area contributed by atoms with Gasteiger partial charge in [-0.25, -0.2) is 0 Å². The van der Waals surface area contributed by atoms with Gasteiger partial charge < -0.3 is 9.15 Å². The third kappa shape index (κ3) is 3.30. The van der Waals surface area contributed by atoms with E-state index < -0.39 is 10.0 Å². The molecule has 0 atom stereocenters. The quantitative estimate of drug-likeness (QED) is 0.202. The van der Waals surface area contributed by atoms with Gasteiger partial charge in [0.1, 0.15) is 22.7 Å². The summed E-state index contributed by atoms with van der Waals surface area (Å²) in [7, 11) is -1.85. The van der Waals surface area contributed by atoms with E-state index in [1.807, 2.05) is 12.1 Å². The van der Waals surface area contributed by atoms with Crippen molar-refractivity contribution in [2.75, 3.05) is 0 Å². The first kappa shape index (κ1) is 23.6. The number of benzene rings is 6. The highest BCUT2D eigenvalue weighted by molar-refractivity contribution is 9.10. The molecule has 2 heterocycles. The topological polar surface area (TPSA) is 22.4 Å². The van der Waals surface area contributed by atoms with Crippen LogP contribution in [-0.2, 0) is 0 Å². The SMILES string of the molecule is Brc1cccc2oc3c(-c4cccc5c4Oc4ccccc4S5(c4ccccc4)c4ccccc4)cccc3c12. The normalized spacial score (nSPS) is 14.3. The highest BCUT2D eigenvalue weighted by Gasteiger charge is 2.42. The number of rotatable bonds is 3. The van der Waals surface area contributed by atoms with E-state index >= 15 is 0 Å². The molecule has 0 amide bonds. The van der Waals surface area contributed by atoms with Crippen LogP contribution in [0.15, 0.2) is 168 Å². The molecule has 0 saturated carbocycles. The Morgan fingerprint density at radius 1 is 0.525 bits per heavy atom. The first-order valence-corrected chi connectivity index (χ1v) is 15.6. The Labute approximate surface area is 242 Å². The average Bonchev–Trinajstić information content (AvgIpc) is 3.41. The molecule has 2 nitrogen and oxygen atoms in total. The van der Waals surface area contributed by atoms with E-state index in [2.05, 4.69) is 143 Å². The van der Waals surface area contributed by atoms with E-state index in [0.29, 0.717) is 0 Å². The van der Waals surface area contributed by atoms with Gasteiger partial charge in [-0.15, -0.1) is 10.0 Å². The minimum Gasteiger partial charge on any atom is -0.455 e. The summed E-state index contributed by atoms with van der Waals surface area (Å²) in [4.78, 5) is 4.96. The van der Waals surface area contributed by atoms with Gasteiger partial charge in [0, 0.05) is 46.0 Å². The lowest BCUT2D eigenvalue weighted by molar-refractivity contribution is 0.454. The minimum atomic E-state index is -1.85. The smallest absolute Gasteiger partial charge is 0.148 e. The summed E-state index contributed by atoms with van der Waals surface area (Å²) < 4.78 is 14.4. The van der Waals surface area contributed by atoms with E-state index in [1.165, 1.54) is 19.6 Å². The maximum Gasteiger partial charge on any atom is 0.148 e. The summed E-state index contributed by atoms with van der Waals surface area (Å²) in [6.45, 7) is 0. The van der Waals surface area contributed by atoms with E-state index in [9.17, 15) is 0 Å². The Balaban J connectivity index is 1.50. The Bertz CT molecular complexity index is 2010. The van der Waals surface area contributed by atoms with Crippen LogP contribution in [0.5, 0.6) is 11.5 Å². The summed E-state index contributed by atoms with van der Waals surface area (Å²) in [6.07, 6.45) is 0. The average molecular weight is 600 g/mol. The van der Waals surface area contributed by atoms with Gasteiger partial charge >= 0.3 is 0 Å². The Morgan fingerprint density at radius 2 is 1.15 bits per heavy atom. The summed E-state index contributed by atoms with van der Waals surface area (Å²) >= 11 is 3.74. The van der Waals surface area contributed by atoms with Gasteiger partial charge in [-0.05, 0) is 54.6 Å². The zero-order valence-electron chi connectivity index (χ0n) is 21.4. The molecule has 1 aromatic heterocycles. The lowest BCUT2D eigenvalue weighted by atomic mass is 10.0. The molecular weight excluding hydrogens is 576 g/mol. The van der Waals surface area contributed by atoms with Gasteiger partial charge in [-0.3, -0.25) is 0 Å². The first-order chi connectivity index (χ1) is 19.8. The lowest BCUT2D eigenvalue weighted by Crippen LogP contribution is -2.12. The van der Waals surface area contributed by atoms with Crippen LogP contribution >= 0.6 is 26.0 Å². The van der Waals surface area contributed by atoms with Gasteiger partial charge in [0.25, 0.3) is 0 Å². The monoisotopic (exact) mass is 598 g/mol. The van der Waals surface area contributed by atoms with E-state index in [4.69, 9.17) is 9.15 Å². The van der Waals surface area contributed by atoms with Gasteiger partial charge in [-0.2, -0.15) is 0 Å². The molecule has 0 aliphatic carbocycles. The van der Waals surface area contributed by atoms with Crippen LogP contribution in [0.2, 0.25) is 0 Å². The Kier molecular flexibility index (Phi) is 5.41. The predicted octanol–water partition coefficient (Wildman–Crippen LogP) is 11.5. The molecule has 1 aliphatic heterocycles. The number of para-hydroxylation sites is 3.